The highest BCUT2D eigenvalue weighted by atomic mass is 79.9. The molecule has 3 aromatic carbocycles. The van der Waals surface area contributed by atoms with Crippen molar-refractivity contribution >= 4 is 136 Å². The predicted molar refractivity (Wildman–Crippen MR) is 296 cm³/mol. The molecule has 60 heavy (non-hydrogen) atoms. The van der Waals surface area contributed by atoms with Crippen molar-refractivity contribution in [1.29, 1.82) is 0 Å². The lowest BCUT2D eigenvalue weighted by Crippen LogP contribution is -2.36. The van der Waals surface area contributed by atoms with E-state index in [1.165, 1.54) is 22.3 Å². The Hall–Kier alpha value is 1.03. The zero-order valence-electron chi connectivity index (χ0n) is 34.6. The first kappa shape index (κ1) is 72.6. The molecule has 5 rings (SSSR count). The average Bonchev–Trinajstić information content (AvgIpc) is 3.13. The topological polar surface area (TPSA) is 142 Å². The van der Waals surface area contributed by atoms with Crippen molar-refractivity contribution < 1.29 is 15.3 Å². The number of halogens is 9. The van der Waals surface area contributed by atoms with Gasteiger partial charge in [-0.1, -0.05) is 60.7 Å². The highest BCUT2D eigenvalue weighted by Gasteiger charge is 2.19. The lowest BCUT2D eigenvalue weighted by Gasteiger charge is -2.26. The Morgan fingerprint density at radius 3 is 1.13 bits per heavy atom. The van der Waals surface area contributed by atoms with E-state index in [0.29, 0.717) is 0 Å². The van der Waals surface area contributed by atoms with E-state index in [-0.39, 0.29) is 159 Å². The van der Waals surface area contributed by atoms with Gasteiger partial charge in [-0.2, -0.15) is 0 Å². The van der Waals surface area contributed by atoms with Crippen LogP contribution in [-0.4, -0.2) is 125 Å². The third kappa shape index (κ3) is 28.8. The molecule has 0 saturated carbocycles. The molecule has 0 bridgehead atoms. The summed E-state index contributed by atoms with van der Waals surface area (Å²) in [6, 6.07) is 25.4. The average molecular weight is 1370 g/mol. The third-order valence-corrected chi connectivity index (χ3v) is 9.82. The maximum Gasteiger partial charge on any atom is 0.123 e. The van der Waals surface area contributed by atoms with Crippen LogP contribution in [0.2, 0.25) is 0 Å². The molecule has 2 heterocycles. The second-order valence-electron chi connectivity index (χ2n) is 13.9. The van der Waals surface area contributed by atoms with Crippen LogP contribution in [0, 0.1) is 5.82 Å². The van der Waals surface area contributed by atoms with Gasteiger partial charge in [0.15, 0.2) is 0 Å². The smallest absolute Gasteiger partial charge is 0.123 e. The zero-order chi connectivity index (χ0) is 34.5. The van der Waals surface area contributed by atoms with Crippen LogP contribution in [0.25, 0.3) is 0 Å². The molecule has 2 aliphatic heterocycles. The molecule has 0 aliphatic carbocycles. The largest absolute Gasteiger partial charge is 0.412 e. The lowest BCUT2D eigenvalue weighted by molar-refractivity contribution is 0.260. The number of nitrogens with one attached hydrogen (secondary N) is 6. The Morgan fingerprint density at radius 2 is 0.750 bits per heavy atom. The SMILES string of the molecule is Br.Br.Br.Br.Br.Br.Br.Br.Fc1ccc(C(c2cccc(CN3CCCNCCNCCCNCC3)c2)c2cccc(CN3CCCNCCNCCCNCC3)c2)cc1.O.O. The third-order valence-electron chi connectivity index (χ3n) is 9.82. The Morgan fingerprint density at radius 1 is 0.400 bits per heavy atom. The van der Waals surface area contributed by atoms with Gasteiger partial charge in [0.1, 0.15) is 5.82 Å². The monoisotopic (exact) mass is 1360 g/mol. The van der Waals surface area contributed by atoms with Crippen molar-refractivity contribution in [3.63, 3.8) is 0 Å². The van der Waals surface area contributed by atoms with Crippen LogP contribution in [0.1, 0.15) is 59.4 Å². The van der Waals surface area contributed by atoms with E-state index in [4.69, 9.17) is 0 Å². The van der Waals surface area contributed by atoms with Crippen LogP contribution < -0.4 is 31.9 Å². The maximum atomic E-state index is 14.2. The number of rotatable bonds is 7. The molecule has 19 heteroatoms. The van der Waals surface area contributed by atoms with Gasteiger partial charge in [0.2, 0.25) is 0 Å². The van der Waals surface area contributed by atoms with Gasteiger partial charge < -0.3 is 42.9 Å². The van der Waals surface area contributed by atoms with Crippen LogP contribution in [0.3, 0.4) is 0 Å². The summed E-state index contributed by atoms with van der Waals surface area (Å²) in [5, 5.41) is 21.5. The van der Waals surface area contributed by atoms with Gasteiger partial charge in [0.05, 0.1) is 0 Å². The Labute approximate surface area is 444 Å². The lowest BCUT2D eigenvalue weighted by atomic mass is 9.84. The minimum Gasteiger partial charge on any atom is -0.412 e. The van der Waals surface area contributed by atoms with E-state index in [0.717, 1.165) is 149 Å². The molecule has 2 aliphatic rings. The first-order valence-electron chi connectivity index (χ1n) is 19.4. The minimum atomic E-state index is -0.197. The molecule has 2 fully saturated rings. The van der Waals surface area contributed by atoms with E-state index >= 15 is 0 Å². The molecule has 3 aromatic rings. The molecular formula is C41H75Br8FN8O2. The van der Waals surface area contributed by atoms with Crippen molar-refractivity contribution in [2.24, 2.45) is 0 Å². The summed E-state index contributed by atoms with van der Waals surface area (Å²) in [6.07, 6.45) is 4.56. The Balaban J connectivity index is -0.000000729. The van der Waals surface area contributed by atoms with Gasteiger partial charge in [0.25, 0.3) is 0 Å². The molecule has 2 saturated heterocycles. The highest BCUT2D eigenvalue weighted by Crippen LogP contribution is 2.33. The summed E-state index contributed by atoms with van der Waals surface area (Å²) in [7, 11) is 0. The van der Waals surface area contributed by atoms with Gasteiger partial charge in [-0.05, 0) is 118 Å². The molecule has 0 amide bonds. The van der Waals surface area contributed by atoms with Crippen molar-refractivity contribution in [2.45, 2.75) is 44.7 Å². The standard InChI is InChI=1S/C41H63FN8.8BrH.2H2O/c42-40-13-11-37(12-14-40)41(38-9-1-7-35(31-38)33-49-27-5-19-45-23-21-43-15-3-17-47-25-29-49)39-10-2-8-36(32-39)34-50-28-6-20-46-24-22-44-16-4-18-48-26-30-50;;;;;;;;;;/h1-2,7-14,31-32,41,43-48H,3-6,15-30,33-34H2;8*1H;2*1H2. The predicted octanol–water partition coefficient (Wildman–Crippen LogP) is 6.71. The summed E-state index contributed by atoms with van der Waals surface area (Å²) in [5.74, 6) is -0.176. The number of benzene rings is 3. The van der Waals surface area contributed by atoms with Crippen LogP contribution in [-0.2, 0) is 13.1 Å². The van der Waals surface area contributed by atoms with E-state index in [1.54, 1.807) is 12.1 Å². The Kier molecular flexibility index (Phi) is 54.7. The van der Waals surface area contributed by atoms with Crippen molar-refractivity contribution in [3.8, 4) is 0 Å². The Bertz CT molecular complexity index is 1280. The molecule has 0 spiro atoms. The van der Waals surface area contributed by atoms with Gasteiger partial charge in [0, 0.05) is 71.4 Å². The molecule has 0 unspecified atom stereocenters. The van der Waals surface area contributed by atoms with E-state index in [9.17, 15) is 4.39 Å². The van der Waals surface area contributed by atoms with Crippen LogP contribution in [0.15, 0.2) is 72.8 Å². The zero-order valence-corrected chi connectivity index (χ0v) is 48.3. The molecule has 0 radical (unpaired) electrons. The summed E-state index contributed by atoms with van der Waals surface area (Å²) >= 11 is 0. The molecule has 0 aromatic heterocycles. The molecule has 10 N–H and O–H groups in total. The fourth-order valence-corrected chi connectivity index (χ4v) is 7.14. The summed E-state index contributed by atoms with van der Waals surface area (Å²) in [6.45, 7) is 18.4. The maximum absolute atomic E-state index is 14.2. The van der Waals surface area contributed by atoms with Gasteiger partial charge >= 0.3 is 0 Å². The van der Waals surface area contributed by atoms with Crippen LogP contribution in [0.4, 0.5) is 4.39 Å². The molecule has 10 nitrogen and oxygen atoms in total. The fraction of sp³-hybridized carbons (Fsp3) is 0.561. The second kappa shape index (κ2) is 45.2. The summed E-state index contributed by atoms with van der Waals surface area (Å²) in [5.41, 5.74) is 6.28. The van der Waals surface area contributed by atoms with Crippen molar-refractivity contribution in [1.82, 2.24) is 41.7 Å². The van der Waals surface area contributed by atoms with E-state index < -0.39 is 0 Å². The van der Waals surface area contributed by atoms with Gasteiger partial charge in [-0.3, -0.25) is 9.80 Å². The van der Waals surface area contributed by atoms with Gasteiger partial charge in [-0.15, -0.1) is 136 Å². The fourth-order valence-electron chi connectivity index (χ4n) is 7.14. The molecular weight excluding hydrogens is 1290 g/mol. The van der Waals surface area contributed by atoms with Crippen LogP contribution in [0.5, 0.6) is 0 Å². The second-order valence-corrected chi connectivity index (χ2v) is 13.9. The summed E-state index contributed by atoms with van der Waals surface area (Å²) in [4.78, 5) is 5.18. The van der Waals surface area contributed by atoms with Crippen molar-refractivity contribution in [2.75, 3.05) is 105 Å². The molecule has 0 atom stereocenters. The highest BCUT2D eigenvalue weighted by molar-refractivity contribution is 8.93. The molecule has 354 valence electrons. The number of nitrogens with zero attached hydrogens (tertiary/aromatic N) is 2. The quantitative estimate of drug-likeness (QED) is 0.144. The summed E-state index contributed by atoms with van der Waals surface area (Å²) < 4.78 is 14.2. The van der Waals surface area contributed by atoms with Gasteiger partial charge in [-0.25, -0.2) is 4.39 Å². The normalized spacial score (nSPS) is 16.5. The first-order valence-corrected chi connectivity index (χ1v) is 19.4. The van der Waals surface area contributed by atoms with E-state index in [2.05, 4.69) is 90.2 Å². The number of hydrogen-bond acceptors (Lipinski definition) is 8. The van der Waals surface area contributed by atoms with Crippen LogP contribution >= 0.6 is 136 Å². The number of hydrogen-bond donors (Lipinski definition) is 6. The first-order chi connectivity index (χ1) is 24.7. The van der Waals surface area contributed by atoms with Crippen molar-refractivity contribution in [3.05, 3.63) is 106 Å². The van der Waals surface area contributed by atoms with E-state index in [1.807, 2.05) is 12.1 Å². The minimum absolute atomic E-state index is 0.